The highest BCUT2D eigenvalue weighted by Gasteiger charge is 2.16. The third-order valence-electron chi connectivity index (χ3n) is 3.31. The van der Waals surface area contributed by atoms with Crippen LogP contribution in [0, 0.1) is 5.82 Å². The Balaban J connectivity index is 2.32. The van der Waals surface area contributed by atoms with Crippen LogP contribution in [0.4, 0.5) is 4.39 Å². The smallest absolute Gasteiger partial charge is 0.151 e. The van der Waals surface area contributed by atoms with E-state index in [2.05, 4.69) is 4.98 Å². The van der Waals surface area contributed by atoms with Gasteiger partial charge in [-0.3, -0.25) is 0 Å². The van der Waals surface area contributed by atoms with Crippen LogP contribution in [0.25, 0.3) is 22.4 Å². The third-order valence-corrected chi connectivity index (χ3v) is 3.31. The van der Waals surface area contributed by atoms with Gasteiger partial charge in [-0.2, -0.15) is 0 Å². The number of hydrogen-bond donors (Lipinski definition) is 1. The van der Waals surface area contributed by atoms with Crippen molar-refractivity contribution in [1.29, 1.82) is 0 Å². The van der Waals surface area contributed by atoms with Crippen molar-refractivity contribution in [3.05, 3.63) is 48.3 Å². The van der Waals surface area contributed by atoms with Gasteiger partial charge in [-0.25, -0.2) is 9.37 Å². The monoisotopic (exact) mass is 270 g/mol. The summed E-state index contributed by atoms with van der Waals surface area (Å²) in [6.07, 6.45) is 0. The van der Waals surface area contributed by atoms with Crippen molar-refractivity contribution in [2.75, 3.05) is 0 Å². The fraction of sp³-hybridized carbons (Fsp3) is 0.188. The van der Waals surface area contributed by atoms with Crippen LogP contribution in [0.1, 0.15) is 19.9 Å². The number of halogens is 1. The van der Waals surface area contributed by atoms with Crippen molar-refractivity contribution in [1.82, 2.24) is 9.55 Å². The molecule has 3 nitrogen and oxygen atoms in total. The SMILES string of the molecule is CC(C)n1c(-c2ccc(O)cc2)nc2c(F)cccc21. The Morgan fingerprint density at radius 1 is 1.10 bits per heavy atom. The molecule has 0 aliphatic heterocycles. The Morgan fingerprint density at radius 2 is 1.80 bits per heavy atom. The lowest BCUT2D eigenvalue weighted by Gasteiger charge is -2.13. The van der Waals surface area contributed by atoms with E-state index in [0.29, 0.717) is 11.3 Å². The van der Waals surface area contributed by atoms with Gasteiger partial charge in [0.05, 0.1) is 5.52 Å². The van der Waals surface area contributed by atoms with Crippen molar-refractivity contribution in [3.8, 4) is 17.1 Å². The zero-order valence-electron chi connectivity index (χ0n) is 11.3. The molecule has 1 N–H and O–H groups in total. The first-order valence-electron chi connectivity index (χ1n) is 6.54. The van der Waals surface area contributed by atoms with Crippen LogP contribution in [0.3, 0.4) is 0 Å². The highest BCUT2D eigenvalue weighted by Crippen LogP contribution is 2.30. The lowest BCUT2D eigenvalue weighted by molar-refractivity contribution is 0.475. The minimum atomic E-state index is -0.318. The van der Waals surface area contributed by atoms with Gasteiger partial charge in [0.1, 0.15) is 17.1 Å². The number of fused-ring (bicyclic) bond motifs is 1. The van der Waals surface area contributed by atoms with E-state index in [-0.39, 0.29) is 17.6 Å². The van der Waals surface area contributed by atoms with Gasteiger partial charge in [0, 0.05) is 11.6 Å². The molecule has 1 aromatic heterocycles. The number of rotatable bonds is 2. The summed E-state index contributed by atoms with van der Waals surface area (Å²) < 4.78 is 15.9. The first kappa shape index (κ1) is 12.7. The Kier molecular flexibility index (Phi) is 2.93. The maximum absolute atomic E-state index is 13.9. The molecule has 0 bridgehead atoms. The molecular formula is C16H15FN2O. The Labute approximate surface area is 116 Å². The minimum absolute atomic E-state index is 0.158. The summed E-state index contributed by atoms with van der Waals surface area (Å²) in [6.45, 7) is 4.08. The first-order chi connectivity index (χ1) is 9.58. The lowest BCUT2D eigenvalue weighted by Crippen LogP contribution is -2.02. The van der Waals surface area contributed by atoms with E-state index in [1.165, 1.54) is 6.07 Å². The molecule has 0 fully saturated rings. The van der Waals surface area contributed by atoms with Gasteiger partial charge in [0.25, 0.3) is 0 Å². The quantitative estimate of drug-likeness (QED) is 0.760. The minimum Gasteiger partial charge on any atom is -0.508 e. The number of benzene rings is 2. The summed E-state index contributed by atoms with van der Waals surface area (Å²) in [5.74, 6) is 0.592. The number of aromatic nitrogens is 2. The van der Waals surface area contributed by atoms with Crippen LogP contribution >= 0.6 is 0 Å². The van der Waals surface area contributed by atoms with Crippen LogP contribution in [0.15, 0.2) is 42.5 Å². The summed E-state index contributed by atoms with van der Waals surface area (Å²) in [4.78, 5) is 4.44. The molecule has 0 amide bonds. The number of para-hydroxylation sites is 1. The average Bonchev–Trinajstić information content (AvgIpc) is 2.80. The molecule has 4 heteroatoms. The zero-order valence-corrected chi connectivity index (χ0v) is 11.3. The molecule has 1 heterocycles. The number of imidazole rings is 1. The Morgan fingerprint density at radius 3 is 2.45 bits per heavy atom. The number of nitrogens with zero attached hydrogens (tertiary/aromatic N) is 2. The van der Waals surface area contributed by atoms with Crippen LogP contribution in [-0.2, 0) is 0 Å². The molecule has 0 atom stereocenters. The largest absolute Gasteiger partial charge is 0.508 e. The maximum atomic E-state index is 13.9. The topological polar surface area (TPSA) is 38.0 Å². The van der Waals surface area contributed by atoms with Crippen molar-refractivity contribution >= 4 is 11.0 Å². The predicted octanol–water partition coefficient (Wildman–Crippen LogP) is 4.13. The molecule has 2 aromatic carbocycles. The fourth-order valence-corrected chi connectivity index (χ4v) is 2.42. The summed E-state index contributed by atoms with van der Waals surface area (Å²) in [6, 6.07) is 11.9. The summed E-state index contributed by atoms with van der Waals surface area (Å²) in [7, 11) is 0. The van der Waals surface area contributed by atoms with Crippen LogP contribution in [0.5, 0.6) is 5.75 Å². The molecule has 0 aliphatic carbocycles. The van der Waals surface area contributed by atoms with E-state index in [1.807, 2.05) is 24.5 Å². The molecule has 0 radical (unpaired) electrons. The molecule has 20 heavy (non-hydrogen) atoms. The summed E-state index contributed by atoms with van der Waals surface area (Å²) >= 11 is 0. The van der Waals surface area contributed by atoms with Gasteiger partial charge in [-0.1, -0.05) is 6.07 Å². The standard InChI is InChI=1S/C16H15FN2O/c1-10(2)19-14-5-3-4-13(17)15(14)18-16(19)11-6-8-12(20)9-7-11/h3-10,20H,1-2H3. The van der Waals surface area contributed by atoms with Crippen LogP contribution in [-0.4, -0.2) is 14.7 Å². The molecule has 0 aliphatic rings. The van der Waals surface area contributed by atoms with Gasteiger partial charge >= 0.3 is 0 Å². The van der Waals surface area contributed by atoms with Crippen LogP contribution < -0.4 is 0 Å². The first-order valence-corrected chi connectivity index (χ1v) is 6.54. The zero-order chi connectivity index (χ0) is 14.3. The third kappa shape index (κ3) is 1.93. The molecule has 3 aromatic rings. The Bertz CT molecular complexity index is 760. The highest BCUT2D eigenvalue weighted by molar-refractivity contribution is 5.81. The highest BCUT2D eigenvalue weighted by atomic mass is 19.1. The second-order valence-electron chi connectivity index (χ2n) is 5.05. The lowest BCUT2D eigenvalue weighted by atomic mass is 10.2. The Hall–Kier alpha value is -2.36. The second-order valence-corrected chi connectivity index (χ2v) is 5.05. The number of aromatic hydroxyl groups is 1. The number of phenolic OH excluding ortho intramolecular Hbond substituents is 1. The molecule has 102 valence electrons. The van der Waals surface area contributed by atoms with Crippen LogP contribution in [0.2, 0.25) is 0 Å². The van der Waals surface area contributed by atoms with E-state index >= 15 is 0 Å². The van der Waals surface area contributed by atoms with Crippen molar-refractivity contribution in [2.45, 2.75) is 19.9 Å². The van der Waals surface area contributed by atoms with E-state index < -0.39 is 0 Å². The summed E-state index contributed by atoms with van der Waals surface area (Å²) in [5.41, 5.74) is 2.01. The van der Waals surface area contributed by atoms with Crippen molar-refractivity contribution in [3.63, 3.8) is 0 Å². The van der Waals surface area contributed by atoms with Gasteiger partial charge in [-0.15, -0.1) is 0 Å². The number of phenols is 1. The molecule has 0 spiro atoms. The molecule has 0 unspecified atom stereocenters. The average molecular weight is 270 g/mol. The van der Waals surface area contributed by atoms with Crippen molar-refractivity contribution < 1.29 is 9.50 Å². The van der Waals surface area contributed by atoms with E-state index in [4.69, 9.17) is 0 Å². The normalized spacial score (nSPS) is 11.4. The maximum Gasteiger partial charge on any atom is 0.151 e. The predicted molar refractivity (Wildman–Crippen MR) is 77.2 cm³/mol. The van der Waals surface area contributed by atoms with Gasteiger partial charge in [0.15, 0.2) is 5.82 Å². The van der Waals surface area contributed by atoms with E-state index in [0.717, 1.165) is 11.1 Å². The molecule has 3 rings (SSSR count). The molecular weight excluding hydrogens is 255 g/mol. The second kappa shape index (κ2) is 4.63. The van der Waals surface area contributed by atoms with Crippen molar-refractivity contribution in [2.24, 2.45) is 0 Å². The van der Waals surface area contributed by atoms with Gasteiger partial charge in [-0.05, 0) is 50.2 Å². The van der Waals surface area contributed by atoms with Gasteiger partial charge in [0.2, 0.25) is 0 Å². The fourth-order valence-electron chi connectivity index (χ4n) is 2.42. The van der Waals surface area contributed by atoms with E-state index in [1.54, 1.807) is 30.3 Å². The van der Waals surface area contributed by atoms with Gasteiger partial charge < -0.3 is 9.67 Å². The molecule has 0 saturated heterocycles. The molecule has 0 saturated carbocycles. The van der Waals surface area contributed by atoms with E-state index in [9.17, 15) is 9.50 Å². The number of hydrogen-bond acceptors (Lipinski definition) is 2. The summed E-state index contributed by atoms with van der Waals surface area (Å²) in [5, 5.41) is 9.38.